The van der Waals surface area contributed by atoms with Crippen molar-refractivity contribution in [1.82, 2.24) is 0 Å². The molecule has 0 bridgehead atoms. The first-order valence-corrected chi connectivity index (χ1v) is 8.69. The van der Waals surface area contributed by atoms with E-state index in [1.54, 1.807) is 13.8 Å². The maximum absolute atomic E-state index is 11.2. The van der Waals surface area contributed by atoms with E-state index >= 15 is 0 Å². The zero-order valence-corrected chi connectivity index (χ0v) is 14.1. The zero-order chi connectivity index (χ0) is 17.1. The van der Waals surface area contributed by atoms with E-state index in [1.165, 1.54) is 13.8 Å². The molecule has 2 unspecified atom stereocenters. The van der Waals surface area contributed by atoms with Crippen molar-refractivity contribution in [3.63, 3.8) is 0 Å². The number of esters is 2. The summed E-state index contributed by atoms with van der Waals surface area (Å²) in [6.07, 6.45) is -0.605. The van der Waals surface area contributed by atoms with Gasteiger partial charge in [-0.25, -0.2) is 0 Å². The van der Waals surface area contributed by atoms with Crippen LogP contribution in [0.5, 0.6) is 0 Å². The Kier molecular flexibility index (Phi) is 5.94. The van der Waals surface area contributed by atoms with Crippen molar-refractivity contribution in [2.45, 2.75) is 52.1 Å². The summed E-state index contributed by atoms with van der Waals surface area (Å²) in [5.41, 5.74) is -1.04. The normalized spacial score (nSPS) is 31.8. The molecule has 9 heteroatoms. The minimum absolute atomic E-state index is 0.251. The SMILES string of the molecule is CCC1(COS(C)(=O)=O)OC(OC(C)=O)[C@H](OC(C)=O)[C@@H]1C. The van der Waals surface area contributed by atoms with Crippen LogP contribution in [0, 0.1) is 5.92 Å². The Morgan fingerprint density at radius 2 is 1.73 bits per heavy atom. The van der Waals surface area contributed by atoms with Gasteiger partial charge in [0, 0.05) is 19.8 Å². The highest BCUT2D eigenvalue weighted by atomic mass is 32.2. The highest BCUT2D eigenvalue weighted by Gasteiger charge is 2.55. The molecule has 128 valence electrons. The minimum Gasteiger partial charge on any atom is -0.455 e. The molecule has 1 aliphatic heterocycles. The fourth-order valence-electron chi connectivity index (χ4n) is 2.42. The largest absolute Gasteiger partial charge is 0.455 e. The fraction of sp³-hybridized carbons (Fsp3) is 0.846. The van der Waals surface area contributed by atoms with Crippen LogP contribution in [-0.4, -0.2) is 51.2 Å². The highest BCUT2D eigenvalue weighted by Crippen LogP contribution is 2.41. The van der Waals surface area contributed by atoms with Gasteiger partial charge in [0.2, 0.25) is 6.29 Å². The summed E-state index contributed by atoms with van der Waals surface area (Å²) in [4.78, 5) is 22.4. The van der Waals surface area contributed by atoms with Crippen molar-refractivity contribution < 1.29 is 36.4 Å². The second-order valence-corrected chi connectivity index (χ2v) is 6.99. The van der Waals surface area contributed by atoms with Gasteiger partial charge < -0.3 is 14.2 Å². The number of carbonyl (C=O) groups excluding carboxylic acids is 2. The molecular weight excluding hydrogens is 316 g/mol. The maximum atomic E-state index is 11.2. The van der Waals surface area contributed by atoms with E-state index in [4.69, 9.17) is 18.4 Å². The van der Waals surface area contributed by atoms with E-state index in [2.05, 4.69) is 0 Å². The third-order valence-electron chi connectivity index (χ3n) is 3.64. The maximum Gasteiger partial charge on any atom is 0.305 e. The van der Waals surface area contributed by atoms with Gasteiger partial charge in [-0.05, 0) is 6.42 Å². The van der Waals surface area contributed by atoms with E-state index in [1.807, 2.05) is 0 Å². The molecule has 0 amide bonds. The van der Waals surface area contributed by atoms with E-state index in [0.717, 1.165) is 6.26 Å². The van der Waals surface area contributed by atoms with Crippen LogP contribution < -0.4 is 0 Å². The van der Waals surface area contributed by atoms with Gasteiger partial charge in [-0.15, -0.1) is 0 Å². The molecule has 1 saturated heterocycles. The van der Waals surface area contributed by atoms with Crippen LogP contribution >= 0.6 is 0 Å². The Morgan fingerprint density at radius 1 is 1.18 bits per heavy atom. The Labute approximate surface area is 130 Å². The third-order valence-corrected chi connectivity index (χ3v) is 4.19. The molecule has 1 rings (SSSR count). The van der Waals surface area contributed by atoms with Gasteiger partial charge in [-0.3, -0.25) is 13.8 Å². The molecule has 0 aliphatic carbocycles. The molecule has 4 atom stereocenters. The summed E-state index contributed by atoms with van der Waals surface area (Å²) in [7, 11) is -3.66. The average molecular weight is 338 g/mol. The third kappa shape index (κ3) is 4.65. The van der Waals surface area contributed by atoms with Crippen LogP contribution in [0.3, 0.4) is 0 Å². The van der Waals surface area contributed by atoms with Gasteiger partial charge in [0.15, 0.2) is 6.10 Å². The molecule has 0 N–H and O–H groups in total. The van der Waals surface area contributed by atoms with Crippen LogP contribution in [0.2, 0.25) is 0 Å². The molecular formula is C13H22O8S. The lowest BCUT2D eigenvalue weighted by Crippen LogP contribution is -2.42. The molecule has 0 aromatic carbocycles. The lowest BCUT2D eigenvalue weighted by atomic mass is 9.85. The highest BCUT2D eigenvalue weighted by molar-refractivity contribution is 7.85. The summed E-state index contributed by atoms with van der Waals surface area (Å²) >= 11 is 0. The van der Waals surface area contributed by atoms with E-state index in [0.29, 0.717) is 6.42 Å². The summed E-state index contributed by atoms with van der Waals surface area (Å²) in [6.45, 7) is 5.70. The molecule has 1 aliphatic rings. The Bertz CT molecular complexity index is 528. The van der Waals surface area contributed by atoms with Gasteiger partial charge in [0.1, 0.15) is 5.60 Å². The van der Waals surface area contributed by atoms with Gasteiger partial charge in [-0.2, -0.15) is 8.42 Å². The molecule has 1 fully saturated rings. The summed E-state index contributed by atoms with van der Waals surface area (Å²) < 4.78 is 43.2. The first kappa shape index (κ1) is 18.9. The molecule has 0 radical (unpaired) electrons. The van der Waals surface area contributed by atoms with Gasteiger partial charge in [-0.1, -0.05) is 13.8 Å². The monoisotopic (exact) mass is 338 g/mol. The van der Waals surface area contributed by atoms with Gasteiger partial charge in [0.25, 0.3) is 10.1 Å². The number of rotatable bonds is 6. The van der Waals surface area contributed by atoms with Crippen LogP contribution in [0.4, 0.5) is 0 Å². The van der Waals surface area contributed by atoms with Crippen LogP contribution in [0.25, 0.3) is 0 Å². The van der Waals surface area contributed by atoms with Crippen molar-refractivity contribution >= 4 is 22.1 Å². The van der Waals surface area contributed by atoms with Crippen molar-refractivity contribution in [1.29, 1.82) is 0 Å². The van der Waals surface area contributed by atoms with Crippen molar-refractivity contribution in [3.8, 4) is 0 Å². The predicted molar refractivity (Wildman–Crippen MR) is 75.2 cm³/mol. The first-order chi connectivity index (χ1) is 10.0. The lowest BCUT2D eigenvalue weighted by Gasteiger charge is -2.30. The lowest BCUT2D eigenvalue weighted by molar-refractivity contribution is -0.207. The van der Waals surface area contributed by atoms with Crippen molar-refractivity contribution in [2.24, 2.45) is 5.92 Å². The molecule has 0 aromatic heterocycles. The molecule has 0 aromatic rings. The molecule has 22 heavy (non-hydrogen) atoms. The summed E-state index contributed by atoms with van der Waals surface area (Å²) in [6, 6.07) is 0. The fourth-order valence-corrected chi connectivity index (χ4v) is 2.84. The Hall–Kier alpha value is -1.19. The second-order valence-electron chi connectivity index (χ2n) is 5.34. The molecule has 8 nitrogen and oxygen atoms in total. The minimum atomic E-state index is -3.66. The molecule has 0 saturated carbocycles. The second kappa shape index (κ2) is 6.93. The van der Waals surface area contributed by atoms with E-state index in [9.17, 15) is 18.0 Å². The van der Waals surface area contributed by atoms with Gasteiger partial charge >= 0.3 is 11.9 Å². The number of hydrogen-bond donors (Lipinski definition) is 0. The summed E-state index contributed by atoms with van der Waals surface area (Å²) in [5, 5.41) is 0. The first-order valence-electron chi connectivity index (χ1n) is 6.87. The zero-order valence-electron chi connectivity index (χ0n) is 13.3. The molecule has 0 spiro atoms. The number of hydrogen-bond acceptors (Lipinski definition) is 8. The Balaban J connectivity index is 3.03. The topological polar surface area (TPSA) is 105 Å². The average Bonchev–Trinajstić information content (AvgIpc) is 2.60. The van der Waals surface area contributed by atoms with Crippen LogP contribution in [0.1, 0.15) is 34.1 Å². The summed E-state index contributed by atoms with van der Waals surface area (Å²) in [5.74, 6) is -1.56. The van der Waals surface area contributed by atoms with Gasteiger partial charge in [0.05, 0.1) is 12.9 Å². The van der Waals surface area contributed by atoms with Crippen LogP contribution in [0.15, 0.2) is 0 Å². The number of carbonyl (C=O) groups is 2. The standard InChI is InChI=1S/C13H22O8S/c1-6-13(7-18-22(5,16)17)8(2)11(19-9(3)14)12(21-13)20-10(4)15/h8,11-12H,6-7H2,1-5H3/t8-,11+,12?,13?/m0/s1. The van der Waals surface area contributed by atoms with E-state index < -0.39 is 46.0 Å². The quantitative estimate of drug-likeness (QED) is 0.512. The van der Waals surface area contributed by atoms with E-state index in [-0.39, 0.29) is 6.61 Å². The smallest absolute Gasteiger partial charge is 0.305 e. The molecule has 1 heterocycles. The number of ether oxygens (including phenoxy) is 3. The predicted octanol–water partition coefficient (Wildman–Crippen LogP) is 0.599. The van der Waals surface area contributed by atoms with Crippen molar-refractivity contribution in [2.75, 3.05) is 12.9 Å². The Morgan fingerprint density at radius 3 is 2.14 bits per heavy atom. The van der Waals surface area contributed by atoms with Crippen LogP contribution in [-0.2, 0) is 38.1 Å². The van der Waals surface area contributed by atoms with Crippen molar-refractivity contribution in [3.05, 3.63) is 0 Å².